The molecule has 0 saturated heterocycles. The number of nitrogens with one attached hydrogen (secondary N) is 1. The molecule has 0 saturated carbocycles. The second kappa shape index (κ2) is 11.0. The largest absolute Gasteiger partial charge is 0.493 e. The summed E-state index contributed by atoms with van der Waals surface area (Å²) >= 11 is 0. The molecule has 29 heavy (non-hydrogen) atoms. The van der Waals surface area contributed by atoms with Crippen molar-refractivity contribution in [2.24, 2.45) is 0 Å². The lowest BCUT2D eigenvalue weighted by molar-refractivity contribution is 0.211. The Morgan fingerprint density at radius 1 is 0.862 bits per heavy atom. The fourth-order valence-electron chi connectivity index (χ4n) is 2.96. The van der Waals surface area contributed by atoms with E-state index in [-0.39, 0.29) is 0 Å². The van der Waals surface area contributed by atoms with Crippen LogP contribution in [0.15, 0.2) is 66.9 Å². The molecule has 0 unspecified atom stereocenters. The van der Waals surface area contributed by atoms with Crippen LogP contribution in [0.4, 0.5) is 5.82 Å². The number of hydrogen-bond donors (Lipinski definition) is 1. The maximum Gasteiger partial charge on any atom is 0.161 e. The molecular formula is C24H28N2O3. The topological polar surface area (TPSA) is 52.6 Å². The minimum absolute atomic E-state index is 0.435. The lowest BCUT2D eigenvalue weighted by atomic mass is 10.1. The van der Waals surface area contributed by atoms with Crippen molar-refractivity contribution in [3.05, 3.63) is 78.0 Å². The fraction of sp³-hybridized carbons (Fsp3) is 0.292. The van der Waals surface area contributed by atoms with Gasteiger partial charge in [-0.15, -0.1) is 0 Å². The van der Waals surface area contributed by atoms with Gasteiger partial charge in [-0.25, -0.2) is 4.98 Å². The SMILES string of the molecule is CCCc1ccc(OCCOc2cc(CNc3ccccn3)ccc2OC)cc1. The van der Waals surface area contributed by atoms with E-state index in [1.165, 1.54) is 5.56 Å². The Morgan fingerprint density at radius 2 is 1.66 bits per heavy atom. The van der Waals surface area contributed by atoms with Crippen LogP contribution in [0.3, 0.4) is 0 Å². The van der Waals surface area contributed by atoms with Crippen molar-refractivity contribution in [3.8, 4) is 17.2 Å². The van der Waals surface area contributed by atoms with Gasteiger partial charge in [0.25, 0.3) is 0 Å². The Labute approximate surface area is 172 Å². The van der Waals surface area contributed by atoms with Gasteiger partial charge in [0.1, 0.15) is 24.8 Å². The zero-order valence-electron chi connectivity index (χ0n) is 17.1. The summed E-state index contributed by atoms with van der Waals surface area (Å²) in [7, 11) is 1.64. The first-order valence-corrected chi connectivity index (χ1v) is 9.95. The number of nitrogens with zero attached hydrogens (tertiary/aromatic N) is 1. The van der Waals surface area contributed by atoms with Crippen LogP contribution >= 0.6 is 0 Å². The van der Waals surface area contributed by atoms with Gasteiger partial charge in [0.2, 0.25) is 0 Å². The summed E-state index contributed by atoms with van der Waals surface area (Å²) in [5.74, 6) is 3.10. The van der Waals surface area contributed by atoms with Crippen LogP contribution in [0.25, 0.3) is 0 Å². The molecule has 2 aromatic carbocycles. The van der Waals surface area contributed by atoms with Crippen LogP contribution in [-0.2, 0) is 13.0 Å². The van der Waals surface area contributed by atoms with Gasteiger partial charge in [0.15, 0.2) is 11.5 Å². The highest BCUT2D eigenvalue weighted by Gasteiger charge is 2.07. The standard InChI is InChI=1S/C24H28N2O3/c1-3-6-19-8-11-21(12-9-19)28-15-16-29-23-17-20(10-13-22(23)27-2)18-26-24-7-4-5-14-25-24/h4-5,7-14,17H,3,6,15-16,18H2,1-2H3,(H,25,26). The molecule has 0 aliphatic carbocycles. The van der Waals surface area contributed by atoms with E-state index in [1.54, 1.807) is 13.3 Å². The van der Waals surface area contributed by atoms with Gasteiger partial charge in [-0.2, -0.15) is 0 Å². The molecule has 3 aromatic rings. The van der Waals surface area contributed by atoms with E-state index in [9.17, 15) is 0 Å². The van der Waals surface area contributed by atoms with Crippen molar-refractivity contribution in [2.45, 2.75) is 26.3 Å². The summed E-state index contributed by atoms with van der Waals surface area (Å²) in [6, 6.07) is 19.9. The van der Waals surface area contributed by atoms with Crippen molar-refractivity contribution in [2.75, 3.05) is 25.6 Å². The van der Waals surface area contributed by atoms with Crippen LogP contribution in [0.5, 0.6) is 17.2 Å². The maximum absolute atomic E-state index is 5.91. The van der Waals surface area contributed by atoms with Gasteiger partial charge in [-0.1, -0.05) is 37.6 Å². The number of anilines is 1. The number of aromatic nitrogens is 1. The fourth-order valence-corrected chi connectivity index (χ4v) is 2.96. The smallest absolute Gasteiger partial charge is 0.161 e. The number of hydrogen-bond acceptors (Lipinski definition) is 5. The third-order valence-electron chi connectivity index (χ3n) is 4.44. The first-order chi connectivity index (χ1) is 14.3. The summed E-state index contributed by atoms with van der Waals surface area (Å²) < 4.78 is 17.1. The van der Waals surface area contributed by atoms with Crippen molar-refractivity contribution in [1.82, 2.24) is 4.98 Å². The summed E-state index contributed by atoms with van der Waals surface area (Å²) in [5.41, 5.74) is 2.41. The average molecular weight is 392 g/mol. The highest BCUT2D eigenvalue weighted by atomic mass is 16.5. The van der Waals surface area contributed by atoms with E-state index in [1.807, 2.05) is 48.5 Å². The third kappa shape index (κ3) is 6.42. The van der Waals surface area contributed by atoms with E-state index >= 15 is 0 Å². The first kappa shape index (κ1) is 20.5. The minimum Gasteiger partial charge on any atom is -0.493 e. The van der Waals surface area contributed by atoms with E-state index in [0.717, 1.165) is 30.0 Å². The Balaban J connectivity index is 1.51. The zero-order valence-corrected chi connectivity index (χ0v) is 17.1. The maximum atomic E-state index is 5.91. The molecule has 0 radical (unpaired) electrons. The van der Waals surface area contributed by atoms with Crippen LogP contribution in [0, 0.1) is 0 Å². The number of pyridine rings is 1. The van der Waals surface area contributed by atoms with E-state index in [4.69, 9.17) is 14.2 Å². The molecule has 5 nitrogen and oxygen atoms in total. The number of methoxy groups -OCH3 is 1. The lowest BCUT2D eigenvalue weighted by Gasteiger charge is -2.13. The quantitative estimate of drug-likeness (QED) is 0.460. The number of rotatable bonds is 11. The lowest BCUT2D eigenvalue weighted by Crippen LogP contribution is -2.10. The van der Waals surface area contributed by atoms with Crippen molar-refractivity contribution < 1.29 is 14.2 Å². The Morgan fingerprint density at radius 3 is 2.38 bits per heavy atom. The molecule has 0 aliphatic heterocycles. The second-order valence-electron chi connectivity index (χ2n) is 6.64. The van der Waals surface area contributed by atoms with Crippen LogP contribution in [0.2, 0.25) is 0 Å². The van der Waals surface area contributed by atoms with E-state index in [2.05, 4.69) is 29.4 Å². The summed E-state index contributed by atoms with van der Waals surface area (Å²) in [6.07, 6.45) is 4.00. The molecule has 0 spiro atoms. The second-order valence-corrected chi connectivity index (χ2v) is 6.64. The molecule has 152 valence electrons. The van der Waals surface area contributed by atoms with Gasteiger partial charge in [0, 0.05) is 12.7 Å². The van der Waals surface area contributed by atoms with Crippen LogP contribution in [-0.4, -0.2) is 25.3 Å². The molecule has 1 heterocycles. The summed E-state index contributed by atoms with van der Waals surface area (Å²) in [6.45, 7) is 3.73. The molecular weight excluding hydrogens is 364 g/mol. The molecule has 5 heteroatoms. The molecule has 0 fully saturated rings. The van der Waals surface area contributed by atoms with Gasteiger partial charge in [0.05, 0.1) is 7.11 Å². The van der Waals surface area contributed by atoms with Gasteiger partial charge in [-0.3, -0.25) is 0 Å². The van der Waals surface area contributed by atoms with Gasteiger partial charge in [-0.05, 0) is 53.9 Å². The molecule has 0 bridgehead atoms. The molecule has 0 atom stereocenters. The molecule has 3 rings (SSSR count). The highest BCUT2D eigenvalue weighted by molar-refractivity contribution is 5.44. The Kier molecular flexibility index (Phi) is 7.75. The van der Waals surface area contributed by atoms with Crippen molar-refractivity contribution in [1.29, 1.82) is 0 Å². The number of benzene rings is 2. The first-order valence-electron chi connectivity index (χ1n) is 9.95. The summed E-state index contributed by atoms with van der Waals surface area (Å²) in [5, 5.41) is 3.30. The van der Waals surface area contributed by atoms with Gasteiger partial charge < -0.3 is 19.5 Å². The third-order valence-corrected chi connectivity index (χ3v) is 4.44. The number of aryl methyl sites for hydroxylation is 1. The summed E-state index contributed by atoms with van der Waals surface area (Å²) in [4.78, 5) is 4.27. The Hall–Kier alpha value is -3.21. The van der Waals surface area contributed by atoms with E-state index in [0.29, 0.717) is 31.3 Å². The number of ether oxygens (including phenoxy) is 3. The van der Waals surface area contributed by atoms with Crippen LogP contribution < -0.4 is 19.5 Å². The van der Waals surface area contributed by atoms with Crippen LogP contribution in [0.1, 0.15) is 24.5 Å². The molecule has 0 amide bonds. The molecule has 1 N–H and O–H groups in total. The monoisotopic (exact) mass is 392 g/mol. The van der Waals surface area contributed by atoms with Gasteiger partial charge >= 0.3 is 0 Å². The normalized spacial score (nSPS) is 10.4. The van der Waals surface area contributed by atoms with Crippen molar-refractivity contribution >= 4 is 5.82 Å². The predicted octanol–water partition coefficient (Wildman–Crippen LogP) is 5.11. The highest BCUT2D eigenvalue weighted by Crippen LogP contribution is 2.28. The van der Waals surface area contributed by atoms with E-state index < -0.39 is 0 Å². The minimum atomic E-state index is 0.435. The van der Waals surface area contributed by atoms with Crippen molar-refractivity contribution in [3.63, 3.8) is 0 Å². The zero-order chi connectivity index (χ0) is 20.3. The predicted molar refractivity (Wildman–Crippen MR) is 116 cm³/mol. The molecule has 1 aromatic heterocycles. The average Bonchev–Trinajstić information content (AvgIpc) is 2.77. The molecule has 0 aliphatic rings. The Bertz CT molecular complexity index is 867.